The maximum Gasteiger partial charge on any atom is 0.339 e. The lowest BCUT2D eigenvalue weighted by Gasteiger charge is -2.40. The average molecular weight is 478 g/mol. The summed E-state index contributed by atoms with van der Waals surface area (Å²) in [6.45, 7) is -0.746. The van der Waals surface area contributed by atoms with Crippen LogP contribution in [0.4, 0.5) is 18.9 Å². The molecule has 174 valence electrons. The number of esters is 1. The number of alkyl halides is 2. The first-order valence-electron chi connectivity index (χ1n) is 10.0. The number of hydrogen-bond donors (Lipinski definition) is 0. The number of ether oxygens (including phenoxy) is 2. The summed E-state index contributed by atoms with van der Waals surface area (Å²) in [4.78, 5) is 18.7. The van der Waals surface area contributed by atoms with Crippen LogP contribution in [0.1, 0.15) is 15.9 Å². The van der Waals surface area contributed by atoms with Gasteiger partial charge in [-0.15, -0.1) is 11.8 Å². The summed E-state index contributed by atoms with van der Waals surface area (Å²) in [6, 6.07) is 7.89. The van der Waals surface area contributed by atoms with Crippen LogP contribution in [0.15, 0.2) is 47.6 Å². The molecule has 0 amide bonds. The van der Waals surface area contributed by atoms with Gasteiger partial charge < -0.3 is 18.9 Å². The summed E-state index contributed by atoms with van der Waals surface area (Å²) in [5.74, 6) is -3.28. The van der Waals surface area contributed by atoms with E-state index < -0.39 is 25.0 Å². The first kappa shape index (κ1) is 23.0. The third-order valence-corrected chi connectivity index (χ3v) is 5.98. The molecule has 10 heteroatoms. The van der Waals surface area contributed by atoms with Crippen molar-refractivity contribution in [3.05, 3.63) is 59.7 Å². The molecule has 33 heavy (non-hydrogen) atoms. The van der Waals surface area contributed by atoms with Gasteiger partial charge in [-0.25, -0.2) is 22.9 Å². The summed E-state index contributed by atoms with van der Waals surface area (Å²) in [5, 5.41) is 0. The number of thioether (sulfide) groups is 1. The van der Waals surface area contributed by atoms with Gasteiger partial charge in [0.15, 0.2) is 0 Å². The van der Waals surface area contributed by atoms with Gasteiger partial charge >= 0.3 is 5.97 Å². The number of aromatic nitrogens is 2. The number of nitrogens with zero attached hydrogens (tertiary/aromatic N) is 3. The van der Waals surface area contributed by atoms with Crippen molar-refractivity contribution in [1.82, 2.24) is 9.55 Å². The first-order chi connectivity index (χ1) is 15.7. The van der Waals surface area contributed by atoms with Crippen molar-refractivity contribution in [3.63, 3.8) is 0 Å². The molecule has 1 aliphatic rings. The van der Waals surface area contributed by atoms with Crippen LogP contribution in [0.25, 0.3) is 11.4 Å². The first-order valence-corrected chi connectivity index (χ1v) is 11.3. The zero-order chi connectivity index (χ0) is 23.8. The second kappa shape index (κ2) is 9.01. The highest BCUT2D eigenvalue weighted by Crippen LogP contribution is 2.37. The van der Waals surface area contributed by atoms with Crippen molar-refractivity contribution in [2.75, 3.05) is 31.4 Å². The Bertz CT molecular complexity index is 1190. The van der Waals surface area contributed by atoms with Gasteiger partial charge in [0.1, 0.15) is 23.9 Å². The molecule has 3 aromatic rings. The monoisotopic (exact) mass is 477 g/mol. The van der Waals surface area contributed by atoms with Crippen LogP contribution < -0.4 is 9.64 Å². The van der Waals surface area contributed by atoms with E-state index in [1.807, 2.05) is 12.3 Å². The minimum atomic E-state index is -2.73. The second-order valence-corrected chi connectivity index (χ2v) is 8.64. The second-order valence-electron chi connectivity index (χ2n) is 7.76. The summed E-state index contributed by atoms with van der Waals surface area (Å²) in [7, 11) is 3.04. The normalized spacial score (nSPS) is 14.7. The van der Waals surface area contributed by atoms with Crippen molar-refractivity contribution in [3.8, 4) is 17.1 Å². The molecule has 1 aromatic carbocycles. The average Bonchev–Trinajstić information content (AvgIpc) is 3.16. The molecule has 0 spiro atoms. The number of aryl methyl sites for hydroxylation is 1. The van der Waals surface area contributed by atoms with Gasteiger partial charge in [0.05, 0.1) is 43.3 Å². The number of hydrogen-bond acceptors (Lipinski definition) is 6. The minimum Gasteiger partial charge on any atom is -0.486 e. The van der Waals surface area contributed by atoms with E-state index in [4.69, 9.17) is 9.47 Å². The Hall–Kier alpha value is -3.14. The van der Waals surface area contributed by atoms with Crippen molar-refractivity contribution in [1.29, 1.82) is 0 Å². The SMILES string of the molecule is COC(=O)c1cc(-c2ncc(N3CC(F)(F)C3)cc2OCc2cc(F)cc(SC)c2)n(C)c1. The lowest BCUT2D eigenvalue weighted by Crippen LogP contribution is -2.56. The molecule has 1 aliphatic heterocycles. The number of anilines is 1. The molecule has 0 saturated carbocycles. The molecule has 0 atom stereocenters. The molecular formula is C23H22F3N3O3S. The van der Waals surface area contributed by atoms with Crippen molar-refractivity contribution in [2.24, 2.45) is 7.05 Å². The predicted molar refractivity (Wildman–Crippen MR) is 120 cm³/mol. The van der Waals surface area contributed by atoms with Crippen LogP contribution in [0.5, 0.6) is 5.75 Å². The number of pyridine rings is 1. The van der Waals surface area contributed by atoms with Gasteiger partial charge in [0, 0.05) is 24.2 Å². The standard InChI is InChI=1S/C23H22F3N3O3S/c1-28-10-15(22(30)31-2)6-19(28)21-20(8-17(9-27-21)29-12-23(25,26)13-29)32-11-14-4-16(24)7-18(5-14)33-3/h4-10H,11-13H2,1-3H3. The van der Waals surface area contributed by atoms with Crippen LogP contribution >= 0.6 is 11.8 Å². The maximum absolute atomic E-state index is 13.9. The quantitative estimate of drug-likeness (QED) is 0.361. The molecule has 3 heterocycles. The molecule has 2 aromatic heterocycles. The van der Waals surface area contributed by atoms with E-state index in [1.165, 1.54) is 42.1 Å². The van der Waals surface area contributed by atoms with Gasteiger partial charge in [-0.05, 0) is 36.1 Å². The van der Waals surface area contributed by atoms with E-state index in [1.54, 1.807) is 29.9 Å². The molecule has 6 nitrogen and oxygen atoms in total. The van der Waals surface area contributed by atoms with E-state index in [9.17, 15) is 18.0 Å². The summed E-state index contributed by atoms with van der Waals surface area (Å²) < 4.78 is 53.2. The van der Waals surface area contributed by atoms with Crippen LogP contribution in [0.2, 0.25) is 0 Å². The molecule has 4 rings (SSSR count). The lowest BCUT2D eigenvalue weighted by molar-refractivity contribution is -0.0263. The summed E-state index contributed by atoms with van der Waals surface area (Å²) in [5.41, 5.74) is 2.45. The van der Waals surface area contributed by atoms with Gasteiger partial charge in [0.25, 0.3) is 5.92 Å². The fourth-order valence-electron chi connectivity index (χ4n) is 3.62. The Labute approximate surface area is 193 Å². The van der Waals surface area contributed by atoms with Gasteiger partial charge in [-0.2, -0.15) is 0 Å². The lowest BCUT2D eigenvalue weighted by atomic mass is 10.1. The van der Waals surface area contributed by atoms with E-state index in [2.05, 4.69) is 4.98 Å². The molecule has 0 unspecified atom stereocenters. The number of carbonyl (C=O) groups excluding carboxylic acids is 1. The third-order valence-electron chi connectivity index (χ3n) is 5.28. The molecule has 1 fully saturated rings. The highest BCUT2D eigenvalue weighted by Gasteiger charge is 2.44. The highest BCUT2D eigenvalue weighted by atomic mass is 32.2. The summed E-state index contributed by atoms with van der Waals surface area (Å²) >= 11 is 1.41. The highest BCUT2D eigenvalue weighted by molar-refractivity contribution is 7.98. The largest absolute Gasteiger partial charge is 0.486 e. The topological polar surface area (TPSA) is 56.6 Å². The molecule has 0 N–H and O–H groups in total. The Kier molecular flexibility index (Phi) is 6.29. The number of methoxy groups -OCH3 is 1. The summed E-state index contributed by atoms with van der Waals surface area (Å²) in [6.07, 6.45) is 4.95. The minimum absolute atomic E-state index is 0.0495. The smallest absolute Gasteiger partial charge is 0.339 e. The van der Waals surface area contributed by atoms with Gasteiger partial charge in [-0.3, -0.25) is 0 Å². The van der Waals surface area contributed by atoms with Crippen LogP contribution in [0.3, 0.4) is 0 Å². The number of rotatable bonds is 7. The van der Waals surface area contributed by atoms with E-state index in [-0.39, 0.29) is 12.4 Å². The van der Waals surface area contributed by atoms with Crippen molar-refractivity contribution in [2.45, 2.75) is 17.4 Å². The van der Waals surface area contributed by atoms with Gasteiger partial charge in [0.2, 0.25) is 0 Å². The maximum atomic E-state index is 13.9. The van der Waals surface area contributed by atoms with E-state index in [0.29, 0.717) is 34.0 Å². The Morgan fingerprint density at radius 2 is 1.97 bits per heavy atom. The van der Waals surface area contributed by atoms with E-state index in [0.717, 1.165) is 4.90 Å². The Morgan fingerprint density at radius 3 is 2.64 bits per heavy atom. The number of benzene rings is 1. The van der Waals surface area contributed by atoms with Crippen LogP contribution in [0, 0.1) is 5.82 Å². The fraction of sp³-hybridized carbons (Fsp3) is 0.304. The predicted octanol–water partition coefficient (Wildman–Crippen LogP) is 4.77. The van der Waals surface area contributed by atoms with Crippen LogP contribution in [-0.2, 0) is 18.4 Å². The molecule has 0 radical (unpaired) electrons. The molecule has 0 bridgehead atoms. The van der Waals surface area contributed by atoms with Crippen molar-refractivity contribution >= 4 is 23.4 Å². The molecule has 1 saturated heterocycles. The molecular weight excluding hydrogens is 455 g/mol. The van der Waals surface area contributed by atoms with Crippen LogP contribution in [-0.4, -0.2) is 47.9 Å². The third kappa shape index (κ3) is 4.95. The Morgan fingerprint density at radius 1 is 1.21 bits per heavy atom. The van der Waals surface area contributed by atoms with E-state index >= 15 is 0 Å². The zero-order valence-corrected chi connectivity index (χ0v) is 19.1. The van der Waals surface area contributed by atoms with Crippen molar-refractivity contribution < 1.29 is 27.4 Å². The fourth-order valence-corrected chi connectivity index (χ4v) is 4.12. The van der Waals surface area contributed by atoms with Gasteiger partial charge in [-0.1, -0.05) is 0 Å². The zero-order valence-electron chi connectivity index (χ0n) is 18.3. The number of halogens is 3. The molecule has 0 aliphatic carbocycles. The number of carbonyl (C=O) groups is 1. The Balaban J connectivity index is 1.68.